The lowest BCUT2D eigenvalue weighted by molar-refractivity contribution is -0.123. The summed E-state index contributed by atoms with van der Waals surface area (Å²) in [4.78, 5) is 26.6. The number of likely N-dealkylation sites (N-methyl/N-ethyl adjacent to an activating group) is 1. The zero-order chi connectivity index (χ0) is 15.2. The molecule has 7 heteroatoms. The van der Waals surface area contributed by atoms with E-state index < -0.39 is 6.09 Å². The number of nitrogens with zero attached hydrogens (tertiary/aromatic N) is 2. The monoisotopic (exact) mass is 311 g/mol. The lowest BCUT2D eigenvalue weighted by Crippen LogP contribution is -2.49. The molecule has 1 aliphatic rings. The number of hydrogen-bond acceptors (Lipinski definition) is 4. The van der Waals surface area contributed by atoms with Gasteiger partial charge in [0.2, 0.25) is 0 Å². The molecule has 1 aliphatic heterocycles. The molecule has 0 saturated carbocycles. The maximum absolute atomic E-state index is 11.8. The molecule has 0 unspecified atom stereocenters. The Kier molecular flexibility index (Phi) is 5.27. The summed E-state index contributed by atoms with van der Waals surface area (Å²) < 4.78 is 4.93. The van der Waals surface area contributed by atoms with Gasteiger partial charge in [0.05, 0.1) is 0 Å². The van der Waals surface area contributed by atoms with Crippen molar-refractivity contribution in [3.05, 3.63) is 29.3 Å². The van der Waals surface area contributed by atoms with Crippen LogP contribution in [0.25, 0.3) is 0 Å². The van der Waals surface area contributed by atoms with Crippen molar-refractivity contribution < 1.29 is 14.3 Å². The molecule has 0 bridgehead atoms. The number of piperazine rings is 1. The highest BCUT2D eigenvalue weighted by Gasteiger charge is 2.22. The molecule has 1 fully saturated rings. The van der Waals surface area contributed by atoms with Crippen LogP contribution in [0.4, 0.5) is 10.5 Å². The van der Waals surface area contributed by atoms with Gasteiger partial charge in [-0.1, -0.05) is 17.7 Å². The number of nitrogens with one attached hydrogen (secondary N) is 1. The standard InChI is InChI=1S/C14H18ClN3O3/c1-16-13(19)10-21-14(20)18-7-5-17(6-8-18)12-4-2-3-11(15)9-12/h2-4,9H,5-8,10H2,1H3,(H,16,19). The summed E-state index contributed by atoms with van der Waals surface area (Å²) >= 11 is 5.98. The van der Waals surface area contributed by atoms with Gasteiger partial charge in [-0.25, -0.2) is 4.79 Å². The number of carbonyl (C=O) groups is 2. The number of rotatable bonds is 3. The van der Waals surface area contributed by atoms with E-state index in [-0.39, 0.29) is 12.5 Å². The Bertz CT molecular complexity index is 516. The van der Waals surface area contributed by atoms with E-state index in [1.165, 1.54) is 7.05 Å². The van der Waals surface area contributed by atoms with E-state index in [1.54, 1.807) is 4.90 Å². The van der Waals surface area contributed by atoms with Crippen LogP contribution in [0.15, 0.2) is 24.3 Å². The molecule has 0 aliphatic carbocycles. The van der Waals surface area contributed by atoms with E-state index in [9.17, 15) is 9.59 Å². The van der Waals surface area contributed by atoms with Gasteiger partial charge >= 0.3 is 6.09 Å². The highest BCUT2D eigenvalue weighted by Crippen LogP contribution is 2.20. The number of carbonyl (C=O) groups excluding carboxylic acids is 2. The smallest absolute Gasteiger partial charge is 0.410 e. The summed E-state index contributed by atoms with van der Waals surface area (Å²) in [7, 11) is 1.50. The van der Waals surface area contributed by atoms with E-state index in [1.807, 2.05) is 24.3 Å². The SMILES string of the molecule is CNC(=O)COC(=O)N1CCN(c2cccc(Cl)c2)CC1. The fourth-order valence-corrected chi connectivity index (χ4v) is 2.30. The zero-order valence-electron chi connectivity index (χ0n) is 11.8. The van der Waals surface area contributed by atoms with Crippen LogP contribution >= 0.6 is 11.6 Å². The van der Waals surface area contributed by atoms with Crippen molar-refractivity contribution in [1.29, 1.82) is 0 Å². The number of ether oxygens (including phenoxy) is 1. The van der Waals surface area contributed by atoms with Crippen molar-refractivity contribution in [1.82, 2.24) is 10.2 Å². The van der Waals surface area contributed by atoms with Gasteiger partial charge in [-0.3, -0.25) is 4.79 Å². The zero-order valence-corrected chi connectivity index (χ0v) is 12.6. The molecule has 2 rings (SSSR count). The second-order valence-electron chi connectivity index (χ2n) is 4.68. The second-order valence-corrected chi connectivity index (χ2v) is 5.12. The Morgan fingerprint density at radius 3 is 2.62 bits per heavy atom. The Morgan fingerprint density at radius 1 is 1.29 bits per heavy atom. The second kappa shape index (κ2) is 7.17. The van der Waals surface area contributed by atoms with Gasteiger partial charge in [0, 0.05) is 43.9 Å². The summed E-state index contributed by atoms with van der Waals surface area (Å²) in [6.07, 6.45) is -0.454. The van der Waals surface area contributed by atoms with Crippen molar-refractivity contribution in [2.75, 3.05) is 44.7 Å². The molecular weight excluding hydrogens is 294 g/mol. The average Bonchev–Trinajstić information content (AvgIpc) is 2.52. The van der Waals surface area contributed by atoms with Crippen LogP contribution in [0.5, 0.6) is 0 Å². The quantitative estimate of drug-likeness (QED) is 0.915. The van der Waals surface area contributed by atoms with Crippen molar-refractivity contribution in [3.63, 3.8) is 0 Å². The van der Waals surface area contributed by atoms with E-state index in [2.05, 4.69) is 10.2 Å². The molecule has 0 atom stereocenters. The Balaban J connectivity index is 1.83. The third-order valence-corrected chi connectivity index (χ3v) is 3.55. The van der Waals surface area contributed by atoms with Gasteiger partial charge in [-0.05, 0) is 18.2 Å². The first-order chi connectivity index (χ1) is 10.1. The molecule has 6 nitrogen and oxygen atoms in total. The van der Waals surface area contributed by atoms with E-state index >= 15 is 0 Å². The average molecular weight is 312 g/mol. The van der Waals surface area contributed by atoms with E-state index in [4.69, 9.17) is 16.3 Å². The first kappa shape index (κ1) is 15.4. The minimum absolute atomic E-state index is 0.246. The Morgan fingerprint density at radius 2 is 2.00 bits per heavy atom. The molecular formula is C14H18ClN3O3. The largest absolute Gasteiger partial charge is 0.439 e. The van der Waals surface area contributed by atoms with Gasteiger partial charge in [-0.15, -0.1) is 0 Å². The maximum atomic E-state index is 11.8. The van der Waals surface area contributed by atoms with Crippen LogP contribution in [0.1, 0.15) is 0 Å². The van der Waals surface area contributed by atoms with Crippen LogP contribution in [0.2, 0.25) is 5.02 Å². The number of hydrogen-bond donors (Lipinski definition) is 1. The molecule has 0 aromatic heterocycles. The van der Waals surface area contributed by atoms with E-state index in [0.29, 0.717) is 31.2 Å². The third-order valence-electron chi connectivity index (χ3n) is 3.32. The molecule has 1 aromatic carbocycles. The summed E-state index contributed by atoms with van der Waals surface area (Å²) in [6, 6.07) is 7.63. The molecule has 114 valence electrons. The first-order valence-corrected chi connectivity index (χ1v) is 7.11. The molecule has 2 amide bonds. The molecule has 1 heterocycles. The predicted molar refractivity (Wildman–Crippen MR) is 80.7 cm³/mol. The van der Waals surface area contributed by atoms with Crippen molar-refractivity contribution in [2.45, 2.75) is 0 Å². The van der Waals surface area contributed by atoms with Crippen LogP contribution < -0.4 is 10.2 Å². The lowest BCUT2D eigenvalue weighted by atomic mass is 10.2. The van der Waals surface area contributed by atoms with Crippen LogP contribution in [-0.2, 0) is 9.53 Å². The summed E-state index contributed by atoms with van der Waals surface area (Å²) in [5, 5.41) is 3.10. The van der Waals surface area contributed by atoms with Gasteiger partial charge in [-0.2, -0.15) is 0 Å². The van der Waals surface area contributed by atoms with Gasteiger partial charge in [0.25, 0.3) is 5.91 Å². The van der Waals surface area contributed by atoms with Crippen LogP contribution in [0, 0.1) is 0 Å². The third kappa shape index (κ3) is 4.26. The number of halogens is 1. The molecule has 0 spiro atoms. The molecule has 1 saturated heterocycles. The number of anilines is 1. The molecule has 1 aromatic rings. The van der Waals surface area contributed by atoms with Crippen LogP contribution in [0.3, 0.4) is 0 Å². The highest BCUT2D eigenvalue weighted by molar-refractivity contribution is 6.30. The fraction of sp³-hybridized carbons (Fsp3) is 0.429. The lowest BCUT2D eigenvalue weighted by Gasteiger charge is -2.35. The molecule has 21 heavy (non-hydrogen) atoms. The number of benzene rings is 1. The predicted octanol–water partition coefficient (Wildman–Crippen LogP) is 1.34. The van der Waals surface area contributed by atoms with Crippen molar-refractivity contribution in [2.24, 2.45) is 0 Å². The first-order valence-electron chi connectivity index (χ1n) is 6.73. The van der Waals surface area contributed by atoms with Crippen molar-refractivity contribution >= 4 is 29.3 Å². The Hall–Kier alpha value is -1.95. The summed E-state index contributed by atoms with van der Waals surface area (Å²) in [6.45, 7) is 2.27. The summed E-state index contributed by atoms with van der Waals surface area (Å²) in [5.74, 6) is -0.319. The highest BCUT2D eigenvalue weighted by atomic mass is 35.5. The van der Waals surface area contributed by atoms with Crippen LogP contribution in [-0.4, -0.2) is 56.7 Å². The maximum Gasteiger partial charge on any atom is 0.410 e. The molecule has 0 radical (unpaired) electrons. The normalized spacial score (nSPS) is 14.8. The van der Waals surface area contributed by atoms with Crippen molar-refractivity contribution in [3.8, 4) is 0 Å². The minimum Gasteiger partial charge on any atom is -0.439 e. The van der Waals surface area contributed by atoms with Gasteiger partial charge < -0.3 is 19.9 Å². The van der Waals surface area contributed by atoms with Gasteiger partial charge in [0.15, 0.2) is 6.61 Å². The topological polar surface area (TPSA) is 61.9 Å². The Labute approximate surface area is 128 Å². The number of amides is 2. The van der Waals surface area contributed by atoms with E-state index in [0.717, 1.165) is 5.69 Å². The summed E-state index contributed by atoms with van der Waals surface area (Å²) in [5.41, 5.74) is 1.04. The fourth-order valence-electron chi connectivity index (χ4n) is 2.11. The van der Waals surface area contributed by atoms with Gasteiger partial charge in [0.1, 0.15) is 0 Å². The molecule has 1 N–H and O–H groups in total. The minimum atomic E-state index is -0.454.